The van der Waals surface area contributed by atoms with Crippen LogP contribution in [0.3, 0.4) is 0 Å². The third-order valence-electron chi connectivity index (χ3n) is 3.63. The molecule has 0 bridgehead atoms. The lowest BCUT2D eigenvalue weighted by atomic mass is 9.68. The van der Waals surface area contributed by atoms with Gasteiger partial charge >= 0.3 is 0 Å². The van der Waals surface area contributed by atoms with Crippen LogP contribution in [0.15, 0.2) is 0 Å². The number of hydrogen-bond donors (Lipinski definition) is 1. The van der Waals surface area contributed by atoms with Crippen LogP contribution in [-0.4, -0.2) is 6.04 Å². The van der Waals surface area contributed by atoms with Gasteiger partial charge in [-0.3, -0.25) is 0 Å². The van der Waals surface area contributed by atoms with Gasteiger partial charge in [0.15, 0.2) is 0 Å². The fourth-order valence-corrected chi connectivity index (χ4v) is 2.64. The van der Waals surface area contributed by atoms with Crippen molar-refractivity contribution in [3.63, 3.8) is 0 Å². The zero-order chi connectivity index (χ0) is 7.68. The Bertz CT molecular complexity index is 127. The fourth-order valence-electron chi connectivity index (χ4n) is 2.64. The Morgan fingerprint density at radius 2 is 1.55 bits per heavy atom. The molecule has 0 aromatic heterocycles. The molecule has 0 aromatic carbocycles. The number of rotatable bonds is 1. The van der Waals surface area contributed by atoms with Gasteiger partial charge in [-0.2, -0.15) is 0 Å². The summed E-state index contributed by atoms with van der Waals surface area (Å²) in [7, 11) is 0. The molecule has 2 aliphatic rings. The minimum Gasteiger partial charge on any atom is -0.327 e. The molecule has 0 aliphatic heterocycles. The van der Waals surface area contributed by atoms with Crippen LogP contribution in [0.2, 0.25) is 0 Å². The average molecular weight is 153 g/mol. The summed E-state index contributed by atoms with van der Waals surface area (Å²) in [6.45, 7) is 0. The molecule has 2 fully saturated rings. The van der Waals surface area contributed by atoms with E-state index in [1.165, 1.54) is 44.9 Å². The van der Waals surface area contributed by atoms with Gasteiger partial charge in [-0.05, 0) is 24.7 Å². The number of nitrogens with two attached hydrogens (primary N) is 1. The maximum atomic E-state index is 6.09. The highest BCUT2D eigenvalue weighted by molar-refractivity contribution is 4.86. The first-order valence-corrected chi connectivity index (χ1v) is 5.13. The van der Waals surface area contributed by atoms with E-state index in [0.717, 1.165) is 11.8 Å². The molecule has 0 amide bonds. The second-order valence-electron chi connectivity index (χ2n) is 4.30. The quantitative estimate of drug-likeness (QED) is 0.614. The third-order valence-corrected chi connectivity index (χ3v) is 3.63. The van der Waals surface area contributed by atoms with Crippen molar-refractivity contribution >= 4 is 0 Å². The number of hydrogen-bond acceptors (Lipinski definition) is 1. The van der Waals surface area contributed by atoms with Crippen molar-refractivity contribution in [2.45, 2.75) is 51.0 Å². The predicted octanol–water partition coefficient (Wildman–Crippen LogP) is 2.30. The van der Waals surface area contributed by atoms with Crippen LogP contribution < -0.4 is 5.73 Å². The Labute approximate surface area is 69.4 Å². The molecular weight excluding hydrogens is 134 g/mol. The molecule has 2 atom stereocenters. The molecule has 0 aromatic rings. The predicted molar refractivity (Wildman–Crippen MR) is 47.3 cm³/mol. The smallest absolute Gasteiger partial charge is 0.00698 e. The van der Waals surface area contributed by atoms with Crippen LogP contribution in [-0.2, 0) is 0 Å². The van der Waals surface area contributed by atoms with Gasteiger partial charge in [-0.15, -0.1) is 0 Å². The largest absolute Gasteiger partial charge is 0.327 e. The lowest BCUT2D eigenvalue weighted by molar-refractivity contribution is 0.140. The second-order valence-corrected chi connectivity index (χ2v) is 4.30. The molecule has 0 saturated heterocycles. The minimum atomic E-state index is 0.550. The Kier molecular flexibility index (Phi) is 2.17. The molecule has 1 nitrogen and oxygen atoms in total. The molecule has 2 saturated carbocycles. The Hall–Kier alpha value is -0.0400. The molecule has 0 heterocycles. The Morgan fingerprint density at radius 1 is 0.818 bits per heavy atom. The molecule has 64 valence electrons. The van der Waals surface area contributed by atoms with Gasteiger partial charge < -0.3 is 5.73 Å². The van der Waals surface area contributed by atoms with Crippen molar-refractivity contribution in [2.75, 3.05) is 0 Å². The second kappa shape index (κ2) is 3.14. The van der Waals surface area contributed by atoms with Crippen molar-refractivity contribution in [1.82, 2.24) is 0 Å². The van der Waals surface area contributed by atoms with Crippen LogP contribution in [0, 0.1) is 11.8 Å². The van der Waals surface area contributed by atoms with Crippen LogP contribution in [0.5, 0.6) is 0 Å². The first kappa shape index (κ1) is 7.60. The summed E-state index contributed by atoms with van der Waals surface area (Å²) < 4.78 is 0. The first-order valence-electron chi connectivity index (χ1n) is 5.13. The van der Waals surface area contributed by atoms with E-state index in [1.807, 2.05) is 0 Å². The van der Waals surface area contributed by atoms with Gasteiger partial charge in [0.05, 0.1) is 0 Å². The van der Waals surface area contributed by atoms with Gasteiger partial charge in [-0.1, -0.05) is 32.1 Å². The third kappa shape index (κ3) is 1.44. The molecule has 11 heavy (non-hydrogen) atoms. The highest BCUT2D eigenvalue weighted by Gasteiger charge is 2.32. The monoisotopic (exact) mass is 153 g/mol. The van der Waals surface area contributed by atoms with E-state index in [-0.39, 0.29) is 0 Å². The van der Waals surface area contributed by atoms with Gasteiger partial charge in [-0.25, -0.2) is 0 Å². The Morgan fingerprint density at radius 3 is 2.09 bits per heavy atom. The molecule has 2 aliphatic carbocycles. The SMILES string of the molecule is N[C@@H]1CCCC[C@H]1C1CCC1. The van der Waals surface area contributed by atoms with Crippen molar-refractivity contribution in [3.8, 4) is 0 Å². The van der Waals surface area contributed by atoms with Gasteiger partial charge in [0.1, 0.15) is 0 Å². The maximum absolute atomic E-state index is 6.09. The van der Waals surface area contributed by atoms with E-state index in [0.29, 0.717) is 6.04 Å². The first-order chi connectivity index (χ1) is 5.38. The van der Waals surface area contributed by atoms with Crippen LogP contribution in [0.25, 0.3) is 0 Å². The normalized spacial score (nSPS) is 40.1. The lowest BCUT2D eigenvalue weighted by Gasteiger charge is -2.39. The molecular formula is C10H19N. The zero-order valence-electron chi connectivity index (χ0n) is 7.26. The van der Waals surface area contributed by atoms with E-state index in [2.05, 4.69) is 0 Å². The van der Waals surface area contributed by atoms with Crippen molar-refractivity contribution in [2.24, 2.45) is 17.6 Å². The maximum Gasteiger partial charge on any atom is 0.00698 e. The molecule has 2 N–H and O–H groups in total. The van der Waals surface area contributed by atoms with Crippen molar-refractivity contribution in [3.05, 3.63) is 0 Å². The van der Waals surface area contributed by atoms with E-state index < -0.39 is 0 Å². The summed E-state index contributed by atoms with van der Waals surface area (Å²) >= 11 is 0. The zero-order valence-corrected chi connectivity index (χ0v) is 7.26. The van der Waals surface area contributed by atoms with Crippen molar-refractivity contribution < 1.29 is 0 Å². The summed E-state index contributed by atoms with van der Waals surface area (Å²) in [4.78, 5) is 0. The minimum absolute atomic E-state index is 0.550. The summed E-state index contributed by atoms with van der Waals surface area (Å²) in [5, 5.41) is 0. The summed E-state index contributed by atoms with van der Waals surface area (Å²) in [6.07, 6.45) is 9.94. The van der Waals surface area contributed by atoms with Crippen molar-refractivity contribution in [1.29, 1.82) is 0 Å². The van der Waals surface area contributed by atoms with E-state index >= 15 is 0 Å². The van der Waals surface area contributed by atoms with E-state index in [9.17, 15) is 0 Å². The highest BCUT2D eigenvalue weighted by atomic mass is 14.7. The topological polar surface area (TPSA) is 26.0 Å². The summed E-state index contributed by atoms with van der Waals surface area (Å²) in [6, 6.07) is 0.550. The van der Waals surface area contributed by atoms with Gasteiger partial charge in [0.25, 0.3) is 0 Å². The summed E-state index contributed by atoms with van der Waals surface area (Å²) in [5.74, 6) is 1.92. The molecule has 2 rings (SSSR count). The lowest BCUT2D eigenvalue weighted by Crippen LogP contribution is -2.39. The van der Waals surface area contributed by atoms with Crippen LogP contribution >= 0.6 is 0 Å². The van der Waals surface area contributed by atoms with E-state index in [4.69, 9.17) is 5.73 Å². The highest BCUT2D eigenvalue weighted by Crippen LogP contribution is 2.40. The van der Waals surface area contributed by atoms with Gasteiger partial charge in [0, 0.05) is 6.04 Å². The molecule has 0 unspecified atom stereocenters. The van der Waals surface area contributed by atoms with E-state index in [1.54, 1.807) is 0 Å². The Balaban J connectivity index is 1.88. The summed E-state index contributed by atoms with van der Waals surface area (Å²) in [5.41, 5.74) is 6.09. The standard InChI is InChI=1S/C10H19N/c11-10-7-2-1-6-9(10)8-4-3-5-8/h8-10H,1-7,11H2/t9-,10+/m0/s1. The fraction of sp³-hybridized carbons (Fsp3) is 1.00. The van der Waals surface area contributed by atoms with Crippen LogP contribution in [0.4, 0.5) is 0 Å². The molecule has 1 heteroatoms. The van der Waals surface area contributed by atoms with Gasteiger partial charge in [0.2, 0.25) is 0 Å². The van der Waals surface area contributed by atoms with Crippen LogP contribution in [0.1, 0.15) is 44.9 Å². The average Bonchev–Trinajstić information content (AvgIpc) is 1.90. The molecule has 0 radical (unpaired) electrons. The molecule has 0 spiro atoms.